The van der Waals surface area contributed by atoms with Gasteiger partial charge in [-0.3, -0.25) is 0 Å². The topological polar surface area (TPSA) is 19.0 Å². The highest BCUT2D eigenvalue weighted by Crippen LogP contribution is 2.65. The molecule has 0 bridgehead atoms. The monoisotopic (exact) mass is 1510 g/mol. The zero-order valence-corrected chi connectivity index (χ0v) is 69.9. The first kappa shape index (κ1) is 72.3. The molecule has 4 heterocycles. The first-order valence-corrected chi connectivity index (χ1v) is 42.1. The number of rotatable bonds is 7. The molecule has 4 nitrogen and oxygen atoms in total. The molecule has 117 heavy (non-hydrogen) atoms. The maximum Gasteiger partial charge on any atom is 0.256 e. The van der Waals surface area contributed by atoms with Crippen LogP contribution in [0, 0.1) is 0 Å². The fourth-order valence-corrected chi connectivity index (χ4v) is 20.5. The molecule has 0 radical (unpaired) electrons. The van der Waals surface area contributed by atoms with Crippen LogP contribution in [0.5, 0.6) is 11.5 Å². The number of anilines is 9. The SMILES string of the molecule is CC(C)(C)c1ccc2c(c1)Oc1cc(C(C)(C)C)cc3c1B2c1cc2c(cc1N3c1ccc(C(C)(C)C)cc1-c1ccccc1)N(c1ccccc1-c1ccccc1)c1cc(-c3cccc4c3C3(c5ccccc5-c5ccccc53)c3ccccc3-4)cc3c1B2c1ccc(C(C)(C)C)cc1N3c1ccc(C(C)(C)C)cc1-c1ccccc1. The van der Waals surface area contributed by atoms with E-state index in [-0.39, 0.29) is 40.5 Å². The van der Waals surface area contributed by atoms with Crippen LogP contribution in [0.1, 0.15) is 154 Å². The molecule has 2 aliphatic carbocycles. The third-order valence-electron chi connectivity index (χ3n) is 26.5. The molecule has 4 aliphatic heterocycles. The van der Waals surface area contributed by atoms with Crippen LogP contribution in [0.25, 0.3) is 66.8 Å². The molecule has 0 unspecified atom stereocenters. The smallest absolute Gasteiger partial charge is 0.256 e. The summed E-state index contributed by atoms with van der Waals surface area (Å²) in [5, 5.41) is 0. The first-order chi connectivity index (χ1) is 56.2. The van der Waals surface area contributed by atoms with Gasteiger partial charge in [-0.05, 0) is 233 Å². The molecule has 1 spiro atoms. The van der Waals surface area contributed by atoms with Crippen LogP contribution in [0.3, 0.4) is 0 Å². The Bertz CT molecular complexity index is 6590. The number of ether oxygens (including phenoxy) is 1. The highest BCUT2D eigenvalue weighted by atomic mass is 16.5. The average molecular weight is 1510 g/mol. The second-order valence-electron chi connectivity index (χ2n) is 38.7. The van der Waals surface area contributed by atoms with Crippen molar-refractivity contribution in [2.24, 2.45) is 0 Å². The van der Waals surface area contributed by atoms with Crippen LogP contribution in [0.2, 0.25) is 0 Å². The maximum atomic E-state index is 7.66. The minimum absolute atomic E-state index is 0.138. The van der Waals surface area contributed by atoms with Crippen molar-refractivity contribution in [2.75, 3.05) is 14.7 Å². The van der Waals surface area contributed by atoms with Crippen LogP contribution in [-0.4, -0.2) is 13.4 Å². The summed E-state index contributed by atoms with van der Waals surface area (Å²) in [4.78, 5) is 8.13. The zero-order chi connectivity index (χ0) is 80.3. The summed E-state index contributed by atoms with van der Waals surface area (Å²) in [7, 11) is 0. The first-order valence-electron chi connectivity index (χ1n) is 42.1. The number of para-hydroxylation sites is 1. The second-order valence-corrected chi connectivity index (χ2v) is 38.7. The van der Waals surface area contributed by atoms with E-state index >= 15 is 0 Å². The Balaban J connectivity index is 0.950. The van der Waals surface area contributed by atoms with Crippen molar-refractivity contribution < 1.29 is 4.74 Å². The van der Waals surface area contributed by atoms with Gasteiger partial charge in [0.2, 0.25) is 0 Å². The Labute approximate surface area is 692 Å². The van der Waals surface area contributed by atoms with Crippen molar-refractivity contribution in [3.8, 4) is 78.3 Å². The van der Waals surface area contributed by atoms with Crippen molar-refractivity contribution in [2.45, 2.75) is 136 Å². The van der Waals surface area contributed by atoms with Crippen LogP contribution in [-0.2, 0) is 32.5 Å². The normalized spacial score (nSPS) is 14.3. The van der Waals surface area contributed by atoms with E-state index in [2.05, 4.69) is 434 Å². The van der Waals surface area contributed by atoms with Gasteiger partial charge in [0, 0.05) is 50.8 Å². The van der Waals surface area contributed by atoms with E-state index in [0.29, 0.717) is 0 Å². The average Bonchev–Trinajstić information content (AvgIpc) is 1.61. The molecule has 0 N–H and O–H groups in total. The van der Waals surface area contributed by atoms with E-state index in [9.17, 15) is 0 Å². The largest absolute Gasteiger partial charge is 0.458 e. The molecule has 21 rings (SSSR count). The maximum absolute atomic E-state index is 7.66. The predicted molar refractivity (Wildman–Crippen MR) is 498 cm³/mol. The van der Waals surface area contributed by atoms with E-state index < -0.39 is 5.41 Å². The Morgan fingerprint density at radius 1 is 0.222 bits per heavy atom. The number of hydrogen-bond acceptors (Lipinski definition) is 4. The summed E-state index contributed by atoms with van der Waals surface area (Å²) >= 11 is 0. The van der Waals surface area contributed by atoms with Crippen molar-refractivity contribution in [1.82, 2.24) is 0 Å². The third-order valence-corrected chi connectivity index (χ3v) is 26.5. The Morgan fingerprint density at radius 2 is 0.581 bits per heavy atom. The van der Waals surface area contributed by atoms with Gasteiger partial charge in [-0.1, -0.05) is 347 Å². The van der Waals surface area contributed by atoms with Crippen molar-refractivity contribution in [3.05, 3.63) is 366 Å². The zero-order valence-electron chi connectivity index (χ0n) is 69.9. The molecule has 0 amide bonds. The molecule has 6 heteroatoms. The number of nitrogens with zero attached hydrogens (tertiary/aromatic N) is 3. The number of fused-ring (bicyclic) bond motifs is 18. The van der Waals surface area contributed by atoms with E-state index in [1.165, 1.54) is 133 Å². The third kappa shape index (κ3) is 11.0. The second kappa shape index (κ2) is 25.8. The summed E-state index contributed by atoms with van der Waals surface area (Å²) < 4.78 is 7.66. The summed E-state index contributed by atoms with van der Waals surface area (Å²) in [6.45, 7) is 34.7. The molecule has 0 atom stereocenters. The highest BCUT2D eigenvalue weighted by Gasteiger charge is 2.55. The summed E-state index contributed by atoms with van der Waals surface area (Å²) in [6, 6.07) is 123. The van der Waals surface area contributed by atoms with Gasteiger partial charge in [0.15, 0.2) is 0 Å². The van der Waals surface area contributed by atoms with Gasteiger partial charge in [-0.25, -0.2) is 0 Å². The molecular formula is C111H97B2N3O. The molecule has 6 aliphatic rings. The molecule has 0 aromatic heterocycles. The number of benzene rings is 15. The summed E-state index contributed by atoms with van der Waals surface area (Å²) in [5.41, 5.74) is 41.9. The quantitative estimate of drug-likeness (QED) is 0.148. The molecule has 0 saturated heterocycles. The molecule has 15 aromatic carbocycles. The number of hydrogen-bond donors (Lipinski definition) is 0. The summed E-state index contributed by atoms with van der Waals surface area (Å²) in [6.07, 6.45) is 0. The van der Waals surface area contributed by atoms with Gasteiger partial charge >= 0.3 is 0 Å². The van der Waals surface area contributed by atoms with Crippen LogP contribution >= 0.6 is 0 Å². The van der Waals surface area contributed by atoms with Crippen LogP contribution in [0.4, 0.5) is 51.2 Å². The van der Waals surface area contributed by atoms with Crippen molar-refractivity contribution in [3.63, 3.8) is 0 Å². The fraction of sp³-hybridized carbons (Fsp3) is 0.189. The lowest BCUT2D eigenvalue weighted by atomic mass is 9.30. The Morgan fingerprint density at radius 3 is 1.09 bits per heavy atom. The van der Waals surface area contributed by atoms with E-state index in [0.717, 1.165) is 79.3 Å². The van der Waals surface area contributed by atoms with Gasteiger partial charge in [-0.15, -0.1) is 0 Å². The van der Waals surface area contributed by atoms with Gasteiger partial charge < -0.3 is 19.4 Å². The molecular weight excluding hydrogens is 1410 g/mol. The highest BCUT2D eigenvalue weighted by molar-refractivity contribution is 7.02. The fourth-order valence-electron chi connectivity index (χ4n) is 20.5. The predicted octanol–water partition coefficient (Wildman–Crippen LogP) is 25.7. The lowest BCUT2D eigenvalue weighted by Crippen LogP contribution is -2.64. The lowest BCUT2D eigenvalue weighted by molar-refractivity contribution is 0.479. The van der Waals surface area contributed by atoms with Gasteiger partial charge in [0.25, 0.3) is 13.4 Å². The van der Waals surface area contributed by atoms with Crippen molar-refractivity contribution >= 4 is 97.4 Å². The Kier molecular flexibility index (Phi) is 16.0. The van der Waals surface area contributed by atoms with E-state index in [1.54, 1.807) is 0 Å². The minimum Gasteiger partial charge on any atom is -0.458 e. The standard InChI is InChI=1S/C111H97B2N3O/c1-106(2,3)72-52-56-93(83(60-72)69-36-21-17-22-37-69)115-95-62-74(108(7,8)9)50-54-88(95)112-90-66-91-97(116(94-57-53-73(107(4,5)6)61-84(94)70-38-23-18-24-39-70)100-63-76(110(13,14)15)65-102-105(100)113(91)89-55-51-75(109(10,11)12)64-101(89)117-102)67-96(90)114(92-49-32-28-40-77(92)68-34-19-16-20-35-68)98-58-71(59-99(115)104(98)112)78-44-33-45-82-81-43-27-31-48-87(81)111(103(78)82)85-46-29-25-41-79(85)80-42-26-30-47-86(80)111/h16-67H,1-15H3. The van der Waals surface area contributed by atoms with Crippen LogP contribution in [0.15, 0.2) is 315 Å². The molecule has 0 saturated carbocycles. The minimum atomic E-state index is -0.652. The van der Waals surface area contributed by atoms with Crippen molar-refractivity contribution in [1.29, 1.82) is 0 Å². The molecule has 0 fully saturated rings. The van der Waals surface area contributed by atoms with Crippen LogP contribution < -0.4 is 52.2 Å². The Hall–Kier alpha value is -12.4. The van der Waals surface area contributed by atoms with Gasteiger partial charge in [-0.2, -0.15) is 0 Å². The van der Waals surface area contributed by atoms with E-state index in [1.807, 2.05) is 0 Å². The molecule has 15 aromatic rings. The summed E-state index contributed by atoms with van der Waals surface area (Å²) in [5.74, 6) is 1.82. The lowest BCUT2D eigenvalue weighted by Gasteiger charge is -2.47. The molecule has 568 valence electrons. The van der Waals surface area contributed by atoms with Gasteiger partial charge in [0.1, 0.15) is 11.5 Å². The van der Waals surface area contributed by atoms with Gasteiger partial charge in [0.05, 0.1) is 22.5 Å². The van der Waals surface area contributed by atoms with E-state index in [4.69, 9.17) is 4.74 Å².